The zero-order chi connectivity index (χ0) is 12.2. The minimum atomic E-state index is -0.818. The first-order chi connectivity index (χ1) is 7.43. The summed E-state index contributed by atoms with van der Waals surface area (Å²) in [5, 5.41) is 10.1. The Kier molecular flexibility index (Phi) is 4.69. The molecule has 0 amide bonds. The van der Waals surface area contributed by atoms with Gasteiger partial charge in [-0.05, 0) is 43.5 Å². The number of hydrogen-bond acceptors (Lipinski definition) is 1. The fourth-order valence-electron chi connectivity index (χ4n) is 1.65. The molecule has 0 heterocycles. The van der Waals surface area contributed by atoms with Crippen molar-refractivity contribution < 1.29 is 9.50 Å². The van der Waals surface area contributed by atoms with Gasteiger partial charge in [0.2, 0.25) is 0 Å². The van der Waals surface area contributed by atoms with Gasteiger partial charge in [0.25, 0.3) is 0 Å². The fraction of sp³-hybridized carbons (Fsp3) is 0.385. The first-order valence-corrected chi connectivity index (χ1v) is 6.00. The summed E-state index contributed by atoms with van der Waals surface area (Å²) in [5.74, 6) is -0.288. The lowest BCUT2D eigenvalue weighted by Crippen LogP contribution is -2.26. The number of allylic oxidation sites excluding steroid dienone is 1. The standard InChI is InChI=1S/C13H16BrFO/c1-3-4-5-13(2,16)9-10-6-11(14)8-12(15)7-10/h3,6-8,16H,1,4-5,9H2,2H3. The molecule has 88 valence electrons. The summed E-state index contributed by atoms with van der Waals surface area (Å²) in [6.45, 7) is 5.38. The predicted octanol–water partition coefficient (Wildman–Crippen LogP) is 3.85. The summed E-state index contributed by atoms with van der Waals surface area (Å²) in [7, 11) is 0. The van der Waals surface area contributed by atoms with Gasteiger partial charge in [-0.1, -0.05) is 22.0 Å². The second-order valence-corrected chi connectivity index (χ2v) is 5.19. The maximum absolute atomic E-state index is 13.1. The first kappa shape index (κ1) is 13.4. The highest BCUT2D eigenvalue weighted by Gasteiger charge is 2.20. The molecule has 1 unspecified atom stereocenters. The van der Waals surface area contributed by atoms with Crippen molar-refractivity contribution in [2.75, 3.05) is 0 Å². The van der Waals surface area contributed by atoms with Crippen LogP contribution in [0.2, 0.25) is 0 Å². The van der Waals surface area contributed by atoms with Gasteiger partial charge in [0.15, 0.2) is 0 Å². The Labute approximate surface area is 104 Å². The third-order valence-corrected chi connectivity index (χ3v) is 2.85. The van der Waals surface area contributed by atoms with Crippen LogP contribution in [0.5, 0.6) is 0 Å². The monoisotopic (exact) mass is 286 g/mol. The van der Waals surface area contributed by atoms with E-state index in [4.69, 9.17) is 0 Å². The van der Waals surface area contributed by atoms with E-state index >= 15 is 0 Å². The summed E-state index contributed by atoms with van der Waals surface area (Å²) < 4.78 is 13.8. The van der Waals surface area contributed by atoms with Crippen molar-refractivity contribution in [3.05, 3.63) is 46.7 Å². The van der Waals surface area contributed by atoms with E-state index in [-0.39, 0.29) is 5.82 Å². The van der Waals surface area contributed by atoms with Crippen molar-refractivity contribution in [3.63, 3.8) is 0 Å². The molecular weight excluding hydrogens is 271 g/mol. The van der Waals surface area contributed by atoms with Gasteiger partial charge < -0.3 is 5.11 Å². The lowest BCUT2D eigenvalue weighted by Gasteiger charge is -2.22. The van der Waals surface area contributed by atoms with E-state index in [1.165, 1.54) is 12.1 Å². The molecule has 0 spiro atoms. The Balaban J connectivity index is 2.74. The maximum atomic E-state index is 13.1. The van der Waals surface area contributed by atoms with E-state index in [1.54, 1.807) is 13.0 Å². The second-order valence-electron chi connectivity index (χ2n) is 4.28. The molecule has 1 atom stereocenters. The molecule has 0 aromatic heterocycles. The Bertz CT molecular complexity index is 354. The second kappa shape index (κ2) is 5.60. The zero-order valence-corrected chi connectivity index (χ0v) is 10.9. The van der Waals surface area contributed by atoms with Crippen molar-refractivity contribution in [1.29, 1.82) is 0 Å². The molecule has 1 aromatic rings. The first-order valence-electron chi connectivity index (χ1n) is 5.21. The minimum Gasteiger partial charge on any atom is -0.390 e. The van der Waals surface area contributed by atoms with Crippen LogP contribution in [0.3, 0.4) is 0 Å². The lowest BCUT2D eigenvalue weighted by molar-refractivity contribution is 0.0523. The Morgan fingerprint density at radius 2 is 2.19 bits per heavy atom. The van der Waals surface area contributed by atoms with Crippen LogP contribution in [0.4, 0.5) is 4.39 Å². The van der Waals surface area contributed by atoms with Crippen molar-refractivity contribution in [1.82, 2.24) is 0 Å². The van der Waals surface area contributed by atoms with E-state index in [2.05, 4.69) is 22.5 Å². The van der Waals surface area contributed by atoms with Crippen LogP contribution in [-0.2, 0) is 6.42 Å². The third kappa shape index (κ3) is 4.45. The third-order valence-electron chi connectivity index (χ3n) is 2.39. The van der Waals surface area contributed by atoms with E-state index in [0.29, 0.717) is 17.3 Å². The summed E-state index contributed by atoms with van der Waals surface area (Å²) in [6.07, 6.45) is 3.60. The van der Waals surface area contributed by atoms with Crippen molar-refractivity contribution >= 4 is 15.9 Å². The number of halogens is 2. The Morgan fingerprint density at radius 3 is 2.75 bits per heavy atom. The number of aliphatic hydroxyl groups is 1. The van der Waals surface area contributed by atoms with Crippen LogP contribution in [0, 0.1) is 5.82 Å². The van der Waals surface area contributed by atoms with Crippen molar-refractivity contribution in [2.45, 2.75) is 31.8 Å². The Morgan fingerprint density at radius 1 is 1.50 bits per heavy atom. The number of hydrogen-bond donors (Lipinski definition) is 1. The summed E-state index contributed by atoms with van der Waals surface area (Å²) in [6, 6.07) is 4.68. The van der Waals surface area contributed by atoms with Gasteiger partial charge in [-0.2, -0.15) is 0 Å². The quantitative estimate of drug-likeness (QED) is 0.816. The highest BCUT2D eigenvalue weighted by molar-refractivity contribution is 9.10. The highest BCUT2D eigenvalue weighted by atomic mass is 79.9. The molecule has 16 heavy (non-hydrogen) atoms. The normalized spacial score (nSPS) is 14.5. The number of benzene rings is 1. The molecule has 0 saturated heterocycles. The van der Waals surface area contributed by atoms with Crippen LogP contribution in [0.1, 0.15) is 25.3 Å². The molecule has 1 nitrogen and oxygen atoms in total. The minimum absolute atomic E-state index is 0.288. The van der Waals surface area contributed by atoms with Crippen LogP contribution in [-0.4, -0.2) is 10.7 Å². The molecular formula is C13H16BrFO. The molecule has 0 aliphatic carbocycles. The van der Waals surface area contributed by atoms with Gasteiger partial charge >= 0.3 is 0 Å². The van der Waals surface area contributed by atoms with Gasteiger partial charge in [0, 0.05) is 10.9 Å². The molecule has 0 aliphatic heterocycles. The fourth-order valence-corrected chi connectivity index (χ4v) is 2.17. The van der Waals surface area contributed by atoms with Crippen LogP contribution in [0.15, 0.2) is 35.3 Å². The topological polar surface area (TPSA) is 20.2 Å². The van der Waals surface area contributed by atoms with Crippen LogP contribution in [0.25, 0.3) is 0 Å². The van der Waals surface area contributed by atoms with Gasteiger partial charge in [-0.15, -0.1) is 6.58 Å². The molecule has 0 aliphatic rings. The van der Waals surface area contributed by atoms with E-state index in [9.17, 15) is 9.50 Å². The zero-order valence-electron chi connectivity index (χ0n) is 9.34. The van der Waals surface area contributed by atoms with E-state index in [0.717, 1.165) is 12.0 Å². The molecule has 1 N–H and O–H groups in total. The van der Waals surface area contributed by atoms with Gasteiger partial charge in [-0.25, -0.2) is 4.39 Å². The van der Waals surface area contributed by atoms with Crippen LogP contribution < -0.4 is 0 Å². The maximum Gasteiger partial charge on any atom is 0.124 e. The lowest BCUT2D eigenvalue weighted by atomic mass is 9.92. The Hall–Kier alpha value is -0.670. The van der Waals surface area contributed by atoms with Gasteiger partial charge in [-0.3, -0.25) is 0 Å². The van der Waals surface area contributed by atoms with Crippen LogP contribution >= 0.6 is 15.9 Å². The average Bonchev–Trinajstić information content (AvgIpc) is 2.12. The highest BCUT2D eigenvalue weighted by Crippen LogP contribution is 2.22. The smallest absolute Gasteiger partial charge is 0.124 e. The molecule has 0 fully saturated rings. The van der Waals surface area contributed by atoms with Crippen molar-refractivity contribution in [2.24, 2.45) is 0 Å². The van der Waals surface area contributed by atoms with E-state index in [1.807, 2.05) is 6.07 Å². The molecule has 0 saturated carbocycles. The molecule has 0 radical (unpaired) electrons. The molecule has 0 bridgehead atoms. The van der Waals surface area contributed by atoms with Crippen molar-refractivity contribution in [3.8, 4) is 0 Å². The largest absolute Gasteiger partial charge is 0.390 e. The van der Waals surface area contributed by atoms with Gasteiger partial charge in [0.05, 0.1) is 5.60 Å². The summed E-state index contributed by atoms with van der Waals surface area (Å²) >= 11 is 3.24. The number of rotatable bonds is 5. The van der Waals surface area contributed by atoms with Gasteiger partial charge in [0.1, 0.15) is 5.82 Å². The van der Waals surface area contributed by atoms with E-state index < -0.39 is 5.60 Å². The summed E-state index contributed by atoms with van der Waals surface area (Å²) in [5.41, 5.74) is -0.0255. The molecule has 3 heteroatoms. The molecule has 1 aromatic carbocycles. The summed E-state index contributed by atoms with van der Waals surface area (Å²) in [4.78, 5) is 0. The average molecular weight is 287 g/mol. The predicted molar refractivity (Wildman–Crippen MR) is 67.9 cm³/mol. The SMILES string of the molecule is C=CCCC(C)(O)Cc1cc(F)cc(Br)c1. The molecule has 1 rings (SSSR count).